The third-order valence-electron chi connectivity index (χ3n) is 2.68. The number of rotatable bonds is 3. The molecule has 0 aliphatic carbocycles. The van der Waals surface area contributed by atoms with E-state index in [4.69, 9.17) is 5.73 Å². The molecule has 2 rings (SSSR count). The van der Waals surface area contributed by atoms with Crippen LogP contribution in [-0.2, 0) is 0 Å². The minimum atomic E-state index is -4.75. The number of carbonyl (C=O) groups excluding carboxylic acids is 1. The first kappa shape index (κ1) is 14.7. The van der Waals surface area contributed by atoms with E-state index in [1.54, 1.807) is 0 Å². The van der Waals surface area contributed by atoms with Gasteiger partial charge in [0.05, 0.1) is 5.56 Å². The van der Waals surface area contributed by atoms with E-state index >= 15 is 0 Å². The van der Waals surface area contributed by atoms with Crippen molar-refractivity contribution in [2.24, 2.45) is 5.73 Å². The number of halogens is 3. The van der Waals surface area contributed by atoms with E-state index in [2.05, 4.69) is 4.74 Å². The minimum Gasteiger partial charge on any atom is -0.507 e. The van der Waals surface area contributed by atoms with Crippen molar-refractivity contribution in [3.8, 4) is 22.6 Å². The monoisotopic (exact) mass is 297 g/mol. The topological polar surface area (TPSA) is 72.6 Å². The molecule has 0 aliphatic heterocycles. The van der Waals surface area contributed by atoms with Crippen LogP contribution in [0.25, 0.3) is 11.1 Å². The number of nitrogens with two attached hydrogens (primary N) is 1. The molecule has 0 unspecified atom stereocenters. The molecule has 0 atom stereocenters. The van der Waals surface area contributed by atoms with E-state index in [0.29, 0.717) is 11.1 Å². The Morgan fingerprint density at radius 2 is 1.62 bits per heavy atom. The van der Waals surface area contributed by atoms with Gasteiger partial charge in [0, 0.05) is 0 Å². The zero-order valence-corrected chi connectivity index (χ0v) is 10.5. The number of hydrogen-bond donors (Lipinski definition) is 2. The molecule has 0 radical (unpaired) electrons. The summed E-state index contributed by atoms with van der Waals surface area (Å²) in [6.45, 7) is 0. The van der Waals surface area contributed by atoms with Gasteiger partial charge in [-0.2, -0.15) is 0 Å². The van der Waals surface area contributed by atoms with E-state index in [9.17, 15) is 23.1 Å². The predicted molar refractivity (Wildman–Crippen MR) is 68.7 cm³/mol. The van der Waals surface area contributed by atoms with Gasteiger partial charge in [-0.15, -0.1) is 13.2 Å². The van der Waals surface area contributed by atoms with Crippen LogP contribution in [0, 0.1) is 0 Å². The van der Waals surface area contributed by atoms with Gasteiger partial charge in [-0.25, -0.2) is 0 Å². The molecule has 0 bridgehead atoms. The summed E-state index contributed by atoms with van der Waals surface area (Å²) in [6.07, 6.45) is -4.75. The molecular formula is C14H10F3NO3. The summed E-state index contributed by atoms with van der Waals surface area (Å²) < 4.78 is 39.9. The van der Waals surface area contributed by atoms with Crippen molar-refractivity contribution in [2.75, 3.05) is 0 Å². The van der Waals surface area contributed by atoms with Gasteiger partial charge < -0.3 is 15.6 Å². The number of ether oxygens (including phenoxy) is 1. The molecule has 21 heavy (non-hydrogen) atoms. The van der Waals surface area contributed by atoms with Crippen LogP contribution >= 0.6 is 0 Å². The van der Waals surface area contributed by atoms with Gasteiger partial charge in [-0.3, -0.25) is 4.79 Å². The predicted octanol–water partition coefficient (Wildman–Crippen LogP) is 3.06. The van der Waals surface area contributed by atoms with Crippen molar-refractivity contribution in [1.29, 1.82) is 0 Å². The highest BCUT2D eigenvalue weighted by Crippen LogP contribution is 2.29. The summed E-state index contributed by atoms with van der Waals surface area (Å²) in [6, 6.07) is 9.27. The maximum absolute atomic E-state index is 12.0. The van der Waals surface area contributed by atoms with E-state index in [1.165, 1.54) is 30.3 Å². The lowest BCUT2D eigenvalue weighted by atomic mass is 10.0. The maximum atomic E-state index is 12.0. The highest BCUT2D eigenvalue weighted by Gasteiger charge is 2.30. The van der Waals surface area contributed by atoms with Crippen molar-refractivity contribution >= 4 is 5.91 Å². The fourth-order valence-electron chi connectivity index (χ4n) is 1.76. The van der Waals surface area contributed by atoms with Crippen LogP contribution in [0.3, 0.4) is 0 Å². The molecule has 0 aliphatic rings. The molecule has 0 spiro atoms. The normalized spacial score (nSPS) is 11.2. The lowest BCUT2D eigenvalue weighted by molar-refractivity contribution is -0.274. The van der Waals surface area contributed by atoms with Crippen molar-refractivity contribution < 1.29 is 27.8 Å². The lowest BCUT2D eigenvalue weighted by Gasteiger charge is -2.10. The van der Waals surface area contributed by atoms with Crippen LogP contribution < -0.4 is 10.5 Å². The number of amides is 1. The number of benzene rings is 2. The third-order valence-corrected chi connectivity index (χ3v) is 2.68. The van der Waals surface area contributed by atoms with Gasteiger partial charge in [0.2, 0.25) is 0 Å². The third kappa shape index (κ3) is 3.65. The first-order chi connectivity index (χ1) is 9.76. The molecule has 0 saturated carbocycles. The maximum Gasteiger partial charge on any atom is 0.573 e. The van der Waals surface area contributed by atoms with Gasteiger partial charge in [-0.05, 0) is 35.4 Å². The van der Waals surface area contributed by atoms with Crippen molar-refractivity contribution in [3.05, 3.63) is 48.0 Å². The number of primary amides is 1. The van der Waals surface area contributed by atoms with Gasteiger partial charge in [0.1, 0.15) is 11.5 Å². The van der Waals surface area contributed by atoms with Crippen LogP contribution in [0.2, 0.25) is 0 Å². The second-order valence-electron chi connectivity index (χ2n) is 4.17. The van der Waals surface area contributed by atoms with Crippen molar-refractivity contribution in [3.63, 3.8) is 0 Å². The smallest absolute Gasteiger partial charge is 0.507 e. The van der Waals surface area contributed by atoms with Crippen LogP contribution in [0.1, 0.15) is 10.4 Å². The average molecular weight is 297 g/mol. The molecule has 1 amide bonds. The summed E-state index contributed by atoms with van der Waals surface area (Å²) in [5.74, 6) is -1.41. The Morgan fingerprint density at radius 3 is 2.14 bits per heavy atom. The van der Waals surface area contributed by atoms with Crippen LogP contribution in [0.4, 0.5) is 13.2 Å². The Kier molecular flexibility index (Phi) is 3.75. The Hall–Kier alpha value is -2.70. The molecule has 3 N–H and O–H groups in total. The Bertz CT molecular complexity index is 666. The number of aromatic hydroxyl groups is 1. The quantitative estimate of drug-likeness (QED) is 0.914. The SMILES string of the molecule is NC(=O)c1cc(-c2ccc(OC(F)(F)F)cc2)ccc1O. The number of hydrogen-bond acceptors (Lipinski definition) is 3. The zero-order valence-electron chi connectivity index (χ0n) is 10.5. The molecule has 2 aromatic carbocycles. The molecule has 7 heteroatoms. The van der Waals surface area contributed by atoms with Gasteiger partial charge in [-0.1, -0.05) is 18.2 Å². The highest BCUT2D eigenvalue weighted by molar-refractivity contribution is 5.96. The molecule has 110 valence electrons. The summed E-state index contributed by atoms with van der Waals surface area (Å²) in [4.78, 5) is 11.1. The fourth-order valence-corrected chi connectivity index (χ4v) is 1.76. The standard InChI is InChI=1S/C14H10F3NO3/c15-14(16,17)21-10-4-1-8(2-5-10)9-3-6-12(19)11(7-9)13(18)20/h1-7,19H,(H2,18,20). The largest absolute Gasteiger partial charge is 0.573 e. The Labute approximate surface area is 117 Å². The molecular weight excluding hydrogens is 287 g/mol. The van der Waals surface area contributed by atoms with E-state index < -0.39 is 12.3 Å². The molecule has 0 aromatic heterocycles. The molecule has 2 aromatic rings. The van der Waals surface area contributed by atoms with E-state index in [1.807, 2.05) is 0 Å². The van der Waals surface area contributed by atoms with Crippen LogP contribution in [0.5, 0.6) is 11.5 Å². The summed E-state index contributed by atoms with van der Waals surface area (Å²) in [5.41, 5.74) is 6.12. The Balaban J connectivity index is 2.31. The Morgan fingerprint density at radius 1 is 1.05 bits per heavy atom. The first-order valence-electron chi connectivity index (χ1n) is 5.75. The number of phenols is 1. The highest BCUT2D eigenvalue weighted by atomic mass is 19.4. The zero-order chi connectivity index (χ0) is 15.6. The summed E-state index contributed by atoms with van der Waals surface area (Å²) >= 11 is 0. The number of carbonyl (C=O) groups is 1. The van der Waals surface area contributed by atoms with E-state index in [0.717, 1.165) is 12.1 Å². The molecule has 0 saturated heterocycles. The molecule has 0 heterocycles. The first-order valence-corrected chi connectivity index (χ1v) is 5.75. The fraction of sp³-hybridized carbons (Fsp3) is 0.0714. The second-order valence-corrected chi connectivity index (χ2v) is 4.17. The second kappa shape index (κ2) is 5.35. The van der Waals surface area contributed by atoms with Gasteiger partial charge in [0.25, 0.3) is 5.91 Å². The minimum absolute atomic E-state index is 0.0666. The number of alkyl halides is 3. The van der Waals surface area contributed by atoms with Crippen LogP contribution in [0.15, 0.2) is 42.5 Å². The molecule has 0 fully saturated rings. The average Bonchev–Trinajstić information content (AvgIpc) is 2.38. The van der Waals surface area contributed by atoms with Gasteiger partial charge >= 0.3 is 6.36 Å². The molecule has 4 nitrogen and oxygen atoms in total. The van der Waals surface area contributed by atoms with Crippen molar-refractivity contribution in [2.45, 2.75) is 6.36 Å². The van der Waals surface area contributed by atoms with Gasteiger partial charge in [0.15, 0.2) is 0 Å². The van der Waals surface area contributed by atoms with Crippen molar-refractivity contribution in [1.82, 2.24) is 0 Å². The van der Waals surface area contributed by atoms with Crippen LogP contribution in [-0.4, -0.2) is 17.4 Å². The summed E-state index contributed by atoms with van der Waals surface area (Å²) in [5, 5.41) is 9.48. The van der Waals surface area contributed by atoms with E-state index in [-0.39, 0.29) is 17.1 Å². The lowest BCUT2D eigenvalue weighted by Crippen LogP contribution is -2.16. The summed E-state index contributed by atoms with van der Waals surface area (Å²) in [7, 11) is 0.